The minimum absolute atomic E-state index is 0.0397. The lowest BCUT2D eigenvalue weighted by molar-refractivity contribution is -0.121. The molecule has 2 heterocycles. The number of anilines is 2. The predicted octanol–water partition coefficient (Wildman–Crippen LogP) is 4.24. The predicted molar refractivity (Wildman–Crippen MR) is 136 cm³/mol. The second-order valence-corrected chi connectivity index (χ2v) is 8.88. The zero-order valence-corrected chi connectivity index (χ0v) is 20.0. The maximum atomic E-state index is 13.9. The zero-order chi connectivity index (χ0) is 25.4. The molecule has 0 bridgehead atoms. The summed E-state index contributed by atoms with van der Waals surface area (Å²) in [5.41, 5.74) is 3.03. The third kappa shape index (κ3) is 4.15. The van der Waals surface area contributed by atoms with Gasteiger partial charge in [0.2, 0.25) is 17.6 Å². The van der Waals surface area contributed by atoms with Gasteiger partial charge in [-0.2, -0.15) is 0 Å². The number of benzene rings is 3. The molecule has 0 saturated carbocycles. The summed E-state index contributed by atoms with van der Waals surface area (Å²) in [6.45, 7) is 3.62. The highest BCUT2D eigenvalue weighted by Gasteiger charge is 2.31. The molecule has 36 heavy (non-hydrogen) atoms. The van der Waals surface area contributed by atoms with Crippen LogP contribution in [0.3, 0.4) is 0 Å². The highest BCUT2D eigenvalue weighted by atomic mass is 19.1. The van der Waals surface area contributed by atoms with Crippen molar-refractivity contribution >= 4 is 34.4 Å². The molecular weight excluding hydrogens is 459 g/mol. The summed E-state index contributed by atoms with van der Waals surface area (Å²) in [4.78, 5) is 47.7. The quantitative estimate of drug-likeness (QED) is 0.425. The fourth-order valence-corrected chi connectivity index (χ4v) is 4.71. The Morgan fingerprint density at radius 3 is 2.47 bits per heavy atom. The molecule has 1 atom stereocenters. The first kappa shape index (κ1) is 23.4. The largest absolute Gasteiger partial charge is 0.310 e. The Kier molecular flexibility index (Phi) is 6.10. The van der Waals surface area contributed by atoms with Crippen LogP contribution in [0.1, 0.15) is 31.0 Å². The number of fused-ring (bicyclic) bond motifs is 2. The molecule has 4 aromatic rings. The number of nitrogens with zero attached hydrogens (tertiary/aromatic N) is 4. The van der Waals surface area contributed by atoms with Gasteiger partial charge < -0.3 is 4.90 Å². The summed E-state index contributed by atoms with van der Waals surface area (Å²) < 4.78 is 14.8. The van der Waals surface area contributed by atoms with Crippen LogP contribution in [-0.4, -0.2) is 27.9 Å². The van der Waals surface area contributed by atoms with Gasteiger partial charge in [-0.1, -0.05) is 42.5 Å². The van der Waals surface area contributed by atoms with Crippen LogP contribution in [0.25, 0.3) is 11.0 Å². The van der Waals surface area contributed by atoms with Crippen molar-refractivity contribution in [3.05, 3.63) is 100 Å². The van der Waals surface area contributed by atoms with E-state index in [0.29, 0.717) is 23.1 Å². The molecule has 7 nitrogen and oxygen atoms in total. The average Bonchev–Trinajstić information content (AvgIpc) is 3.31. The first-order valence-electron chi connectivity index (χ1n) is 11.8. The van der Waals surface area contributed by atoms with Gasteiger partial charge in [0.1, 0.15) is 11.9 Å². The van der Waals surface area contributed by atoms with Crippen LogP contribution >= 0.6 is 0 Å². The zero-order valence-electron chi connectivity index (χ0n) is 20.0. The van der Waals surface area contributed by atoms with E-state index in [0.717, 1.165) is 17.7 Å². The van der Waals surface area contributed by atoms with E-state index in [-0.39, 0.29) is 18.3 Å². The molecule has 0 fully saturated rings. The summed E-state index contributed by atoms with van der Waals surface area (Å²) in [5, 5.41) is 0. The van der Waals surface area contributed by atoms with Crippen LogP contribution < -0.4 is 15.4 Å². The monoisotopic (exact) mass is 484 g/mol. The smallest absolute Gasteiger partial charge is 0.295 e. The molecule has 1 unspecified atom stereocenters. The van der Waals surface area contributed by atoms with E-state index < -0.39 is 23.3 Å². The summed E-state index contributed by atoms with van der Waals surface area (Å²) in [6, 6.07) is 19.7. The molecular formula is C28H25FN4O3. The van der Waals surface area contributed by atoms with Crippen LogP contribution in [0, 0.1) is 5.82 Å². The van der Waals surface area contributed by atoms with Crippen molar-refractivity contribution in [1.82, 2.24) is 9.55 Å². The average molecular weight is 485 g/mol. The maximum Gasteiger partial charge on any atom is 0.295 e. The Bertz CT molecular complexity index is 1530. The highest BCUT2D eigenvalue weighted by Crippen LogP contribution is 2.30. The van der Waals surface area contributed by atoms with Gasteiger partial charge in [0, 0.05) is 19.2 Å². The van der Waals surface area contributed by atoms with Crippen molar-refractivity contribution in [2.45, 2.75) is 32.9 Å². The van der Waals surface area contributed by atoms with Crippen molar-refractivity contribution in [2.24, 2.45) is 0 Å². The maximum absolute atomic E-state index is 13.9. The topological polar surface area (TPSA) is 75.5 Å². The van der Waals surface area contributed by atoms with E-state index in [1.165, 1.54) is 28.5 Å². The molecule has 0 saturated heterocycles. The number of amides is 2. The summed E-state index contributed by atoms with van der Waals surface area (Å²) in [7, 11) is 0. The summed E-state index contributed by atoms with van der Waals surface area (Å²) in [5.74, 6) is -1.07. The molecule has 3 aromatic carbocycles. The van der Waals surface area contributed by atoms with Gasteiger partial charge in [-0.3, -0.25) is 23.9 Å². The summed E-state index contributed by atoms with van der Waals surface area (Å²) in [6.07, 6.45) is 0.752. The number of hydrogen-bond acceptors (Lipinski definition) is 4. The minimum atomic E-state index is -0.838. The van der Waals surface area contributed by atoms with Gasteiger partial charge in [-0.05, 0) is 54.8 Å². The van der Waals surface area contributed by atoms with Gasteiger partial charge in [-0.25, -0.2) is 9.37 Å². The second-order valence-electron chi connectivity index (χ2n) is 8.88. The molecule has 0 spiro atoms. The third-order valence-electron chi connectivity index (χ3n) is 6.57. The fraction of sp³-hybridized carbons (Fsp3) is 0.214. The first-order valence-corrected chi connectivity index (χ1v) is 11.8. The Morgan fingerprint density at radius 2 is 1.72 bits per heavy atom. The molecule has 0 aliphatic carbocycles. The molecule has 8 heteroatoms. The van der Waals surface area contributed by atoms with E-state index >= 15 is 0 Å². The van der Waals surface area contributed by atoms with Gasteiger partial charge in [0.25, 0.3) is 5.56 Å². The van der Waals surface area contributed by atoms with E-state index in [1.54, 1.807) is 48.2 Å². The Balaban J connectivity index is 1.60. The highest BCUT2D eigenvalue weighted by molar-refractivity contribution is 5.99. The van der Waals surface area contributed by atoms with Crippen molar-refractivity contribution in [3.63, 3.8) is 0 Å². The van der Waals surface area contributed by atoms with Gasteiger partial charge in [-0.15, -0.1) is 0 Å². The number of aromatic nitrogens is 2. The molecule has 1 aliphatic rings. The minimum Gasteiger partial charge on any atom is -0.310 e. The lowest BCUT2D eigenvalue weighted by Gasteiger charge is -2.26. The van der Waals surface area contributed by atoms with Crippen LogP contribution in [0.2, 0.25) is 0 Å². The molecule has 1 aliphatic heterocycles. The second kappa shape index (κ2) is 9.37. The van der Waals surface area contributed by atoms with Gasteiger partial charge in [0.05, 0.1) is 17.6 Å². The van der Waals surface area contributed by atoms with Crippen LogP contribution in [-0.2, 0) is 22.6 Å². The SMILES string of the molecule is CC(=O)N(Cc1ccc(F)cc1)c1nc2ccccc2n(C(C)C(=O)N2CCc3ccccc32)c1=O. The van der Waals surface area contributed by atoms with Gasteiger partial charge >= 0.3 is 0 Å². The number of halogens is 1. The van der Waals surface area contributed by atoms with Crippen molar-refractivity contribution in [2.75, 3.05) is 16.3 Å². The number of carbonyl (C=O) groups is 2. The van der Waals surface area contributed by atoms with Crippen LogP contribution in [0.4, 0.5) is 15.9 Å². The number of hydrogen-bond donors (Lipinski definition) is 0. The van der Waals surface area contributed by atoms with E-state index in [9.17, 15) is 18.8 Å². The Morgan fingerprint density at radius 1 is 1.03 bits per heavy atom. The molecule has 0 radical (unpaired) electrons. The summed E-state index contributed by atoms with van der Waals surface area (Å²) >= 11 is 0. The molecule has 0 N–H and O–H groups in total. The van der Waals surface area contributed by atoms with Crippen LogP contribution in [0.5, 0.6) is 0 Å². The van der Waals surface area contributed by atoms with Crippen LogP contribution in [0.15, 0.2) is 77.6 Å². The van der Waals surface area contributed by atoms with Crippen molar-refractivity contribution < 1.29 is 14.0 Å². The Hall–Kier alpha value is -4.33. The normalized spacial score (nSPS) is 13.5. The number of rotatable bonds is 5. The van der Waals surface area contributed by atoms with E-state index in [2.05, 4.69) is 4.98 Å². The number of para-hydroxylation sites is 3. The van der Waals surface area contributed by atoms with Gasteiger partial charge in [0.15, 0.2) is 0 Å². The Labute approximate surface area is 207 Å². The van der Waals surface area contributed by atoms with E-state index in [1.807, 2.05) is 24.3 Å². The first-order chi connectivity index (χ1) is 17.3. The third-order valence-corrected chi connectivity index (χ3v) is 6.57. The number of carbonyl (C=O) groups excluding carboxylic acids is 2. The van der Waals surface area contributed by atoms with Crippen molar-refractivity contribution in [3.8, 4) is 0 Å². The van der Waals surface area contributed by atoms with E-state index in [4.69, 9.17) is 0 Å². The molecule has 182 valence electrons. The molecule has 5 rings (SSSR count). The standard InChI is InChI=1S/C28H25FN4O3/c1-18(27(35)31-16-15-21-7-3-5-9-24(21)31)33-25-10-6-4-8-23(25)30-26(28(33)36)32(19(2)34)17-20-11-13-22(29)14-12-20/h3-14,18H,15-17H2,1-2H3. The molecule has 1 aromatic heterocycles. The van der Waals surface area contributed by atoms with Crippen molar-refractivity contribution in [1.29, 1.82) is 0 Å². The molecule has 2 amide bonds. The lowest BCUT2D eigenvalue weighted by atomic mass is 10.1. The fourth-order valence-electron chi connectivity index (χ4n) is 4.71. The lowest BCUT2D eigenvalue weighted by Crippen LogP contribution is -2.41.